The molecule has 2 N–H and O–H groups in total. The minimum absolute atomic E-state index is 0.617. The summed E-state index contributed by atoms with van der Waals surface area (Å²) in [7, 11) is 0. The number of benzene rings is 4. The molecule has 0 aliphatic heterocycles. The van der Waals surface area contributed by atoms with Gasteiger partial charge in [-0.3, -0.25) is 9.13 Å². The first-order chi connectivity index (χ1) is 17.2. The molecule has 3 aromatic heterocycles. The van der Waals surface area contributed by atoms with Crippen LogP contribution in [-0.4, -0.2) is 14.1 Å². The molecule has 0 saturated heterocycles. The number of nitrogens with zero attached hydrogens (tertiary/aromatic N) is 4. The number of hydrogen-bond acceptors (Lipinski definition) is 3. The van der Waals surface area contributed by atoms with Crippen molar-refractivity contribution in [1.82, 2.24) is 14.1 Å². The molecular formula is C30H19N5. The Balaban J connectivity index is 1.54. The van der Waals surface area contributed by atoms with Gasteiger partial charge in [-0.15, -0.1) is 0 Å². The van der Waals surface area contributed by atoms with Crippen molar-refractivity contribution in [2.45, 2.75) is 0 Å². The average molecular weight is 450 g/mol. The van der Waals surface area contributed by atoms with E-state index in [-0.39, 0.29) is 0 Å². The van der Waals surface area contributed by atoms with Crippen LogP contribution in [-0.2, 0) is 0 Å². The summed E-state index contributed by atoms with van der Waals surface area (Å²) in [6.45, 7) is 0. The monoisotopic (exact) mass is 449 g/mol. The highest BCUT2D eigenvalue weighted by Crippen LogP contribution is 2.35. The van der Waals surface area contributed by atoms with Gasteiger partial charge in [-0.2, -0.15) is 5.26 Å². The highest BCUT2D eigenvalue weighted by atomic mass is 15.1. The molecule has 0 saturated carbocycles. The predicted molar refractivity (Wildman–Crippen MR) is 142 cm³/mol. The maximum Gasteiger partial charge on any atom is 0.140 e. The lowest BCUT2D eigenvalue weighted by molar-refractivity contribution is 1.01. The zero-order valence-electron chi connectivity index (χ0n) is 18.7. The van der Waals surface area contributed by atoms with Gasteiger partial charge in [0.05, 0.1) is 33.7 Å². The molecule has 4 aromatic carbocycles. The number of anilines is 1. The van der Waals surface area contributed by atoms with Crippen LogP contribution in [0.15, 0.2) is 103 Å². The van der Waals surface area contributed by atoms with Gasteiger partial charge >= 0.3 is 0 Å². The molecule has 3 heterocycles. The lowest BCUT2D eigenvalue weighted by atomic mass is 10.1. The molecule has 7 aromatic rings. The van der Waals surface area contributed by atoms with E-state index in [0.29, 0.717) is 11.3 Å². The van der Waals surface area contributed by atoms with Gasteiger partial charge in [0.1, 0.15) is 11.6 Å². The Morgan fingerprint density at radius 2 is 1.11 bits per heavy atom. The van der Waals surface area contributed by atoms with Gasteiger partial charge in [0.15, 0.2) is 0 Å². The van der Waals surface area contributed by atoms with Crippen molar-refractivity contribution in [3.8, 4) is 17.7 Å². The molecule has 0 spiro atoms. The van der Waals surface area contributed by atoms with E-state index < -0.39 is 0 Å². The maximum atomic E-state index is 9.47. The Labute approximate surface area is 200 Å². The zero-order chi connectivity index (χ0) is 23.5. The smallest absolute Gasteiger partial charge is 0.140 e. The van der Waals surface area contributed by atoms with Crippen LogP contribution >= 0.6 is 0 Å². The molecule has 5 nitrogen and oxygen atoms in total. The normalized spacial score (nSPS) is 11.5. The van der Waals surface area contributed by atoms with E-state index in [1.165, 1.54) is 10.8 Å². The van der Waals surface area contributed by atoms with Crippen LogP contribution in [0.25, 0.3) is 55.2 Å². The first kappa shape index (κ1) is 19.4. The highest BCUT2D eigenvalue weighted by molar-refractivity contribution is 6.11. The molecule has 0 unspecified atom stereocenters. The lowest BCUT2D eigenvalue weighted by Crippen LogP contribution is -2.03. The predicted octanol–water partition coefficient (Wildman–Crippen LogP) is 6.73. The molecule has 0 bridgehead atoms. The van der Waals surface area contributed by atoms with E-state index in [4.69, 9.17) is 10.7 Å². The quantitative estimate of drug-likeness (QED) is 0.297. The Kier molecular flexibility index (Phi) is 3.99. The van der Waals surface area contributed by atoms with Gasteiger partial charge in [-0.05, 0) is 60.7 Å². The van der Waals surface area contributed by atoms with Crippen LogP contribution in [0.3, 0.4) is 0 Å². The molecule has 0 fully saturated rings. The Hall–Kier alpha value is -5.08. The third-order valence-corrected chi connectivity index (χ3v) is 6.68. The van der Waals surface area contributed by atoms with Gasteiger partial charge in [-0.25, -0.2) is 4.98 Å². The van der Waals surface area contributed by atoms with Crippen molar-refractivity contribution < 1.29 is 0 Å². The fraction of sp³-hybridized carbons (Fsp3) is 0. The Morgan fingerprint density at radius 1 is 0.571 bits per heavy atom. The Morgan fingerprint density at radius 3 is 1.74 bits per heavy atom. The fourth-order valence-corrected chi connectivity index (χ4v) is 5.19. The lowest BCUT2D eigenvalue weighted by Gasteiger charge is -2.11. The molecule has 0 aliphatic carbocycles. The number of nitrogens with two attached hydrogens (primary N) is 1. The molecule has 5 heteroatoms. The van der Waals surface area contributed by atoms with Gasteiger partial charge in [0, 0.05) is 27.2 Å². The van der Waals surface area contributed by atoms with Crippen LogP contribution < -0.4 is 5.73 Å². The molecule has 0 atom stereocenters. The second kappa shape index (κ2) is 7.21. The number of pyridine rings is 1. The standard InChI is InChI=1S/C30H19N5/c31-18-19-12-14-27-23(16-19)24-17-20(32)13-15-28(24)35(27)30-11-5-10-29(33-30)34-25-8-3-1-6-21(25)22-7-2-4-9-26(22)34/h1-17H,32H2. The minimum Gasteiger partial charge on any atom is -0.399 e. The van der Waals surface area contributed by atoms with Crippen molar-refractivity contribution in [3.63, 3.8) is 0 Å². The van der Waals surface area contributed by atoms with Crippen LogP contribution in [0, 0.1) is 11.3 Å². The third kappa shape index (κ3) is 2.77. The second-order valence-electron chi connectivity index (χ2n) is 8.68. The molecule has 0 amide bonds. The van der Waals surface area contributed by atoms with Gasteiger partial charge in [0.2, 0.25) is 0 Å². The minimum atomic E-state index is 0.617. The summed E-state index contributed by atoms with van der Waals surface area (Å²) < 4.78 is 4.36. The third-order valence-electron chi connectivity index (χ3n) is 6.68. The van der Waals surface area contributed by atoms with E-state index in [0.717, 1.165) is 44.5 Å². The molecule has 35 heavy (non-hydrogen) atoms. The molecule has 0 aliphatic rings. The number of fused-ring (bicyclic) bond motifs is 6. The summed E-state index contributed by atoms with van der Waals surface area (Å²) in [5.74, 6) is 1.65. The molecular weight excluding hydrogens is 430 g/mol. The average Bonchev–Trinajstić information content (AvgIpc) is 3.41. The molecule has 7 rings (SSSR count). The summed E-state index contributed by atoms with van der Waals surface area (Å²) >= 11 is 0. The highest BCUT2D eigenvalue weighted by Gasteiger charge is 2.16. The van der Waals surface area contributed by atoms with Crippen LogP contribution in [0.4, 0.5) is 5.69 Å². The van der Waals surface area contributed by atoms with Crippen molar-refractivity contribution in [2.75, 3.05) is 5.73 Å². The SMILES string of the molecule is N#Cc1ccc2c(c1)c1cc(N)ccc1n2-c1cccc(-n2c3ccccc3c3ccccc32)n1. The summed E-state index contributed by atoms with van der Waals surface area (Å²) in [6, 6.07) is 36.8. The topological polar surface area (TPSA) is 72.6 Å². The van der Waals surface area contributed by atoms with E-state index in [9.17, 15) is 5.26 Å². The summed E-state index contributed by atoms with van der Waals surface area (Å²) in [6.07, 6.45) is 0. The van der Waals surface area contributed by atoms with Gasteiger partial charge in [0.25, 0.3) is 0 Å². The van der Waals surface area contributed by atoms with Crippen molar-refractivity contribution in [2.24, 2.45) is 0 Å². The number of aromatic nitrogens is 3. The van der Waals surface area contributed by atoms with E-state index in [1.807, 2.05) is 54.6 Å². The number of nitrogen functional groups attached to an aromatic ring is 1. The first-order valence-electron chi connectivity index (χ1n) is 11.4. The van der Waals surface area contributed by atoms with Crippen molar-refractivity contribution >= 4 is 49.3 Å². The maximum absolute atomic E-state index is 9.47. The van der Waals surface area contributed by atoms with Crippen molar-refractivity contribution in [1.29, 1.82) is 5.26 Å². The summed E-state index contributed by atoms with van der Waals surface area (Å²) in [4.78, 5) is 5.15. The van der Waals surface area contributed by atoms with E-state index in [2.05, 4.69) is 63.7 Å². The number of rotatable bonds is 2. The second-order valence-corrected chi connectivity index (χ2v) is 8.68. The largest absolute Gasteiger partial charge is 0.399 e. The van der Waals surface area contributed by atoms with E-state index in [1.54, 1.807) is 0 Å². The van der Waals surface area contributed by atoms with Gasteiger partial charge < -0.3 is 5.73 Å². The summed E-state index contributed by atoms with van der Waals surface area (Å²) in [5.41, 5.74) is 11.7. The zero-order valence-corrected chi connectivity index (χ0v) is 18.7. The van der Waals surface area contributed by atoms with Crippen LogP contribution in [0.1, 0.15) is 5.56 Å². The Bertz CT molecular complexity index is 1930. The molecule has 0 radical (unpaired) electrons. The van der Waals surface area contributed by atoms with Gasteiger partial charge in [-0.1, -0.05) is 42.5 Å². The number of nitriles is 1. The van der Waals surface area contributed by atoms with Crippen LogP contribution in [0.2, 0.25) is 0 Å². The first-order valence-corrected chi connectivity index (χ1v) is 11.4. The number of para-hydroxylation sites is 2. The van der Waals surface area contributed by atoms with E-state index >= 15 is 0 Å². The van der Waals surface area contributed by atoms with Crippen LogP contribution in [0.5, 0.6) is 0 Å². The van der Waals surface area contributed by atoms with Crippen molar-refractivity contribution in [3.05, 3.63) is 109 Å². The molecule has 164 valence electrons. The summed E-state index contributed by atoms with van der Waals surface area (Å²) in [5, 5.41) is 13.9. The fourth-order valence-electron chi connectivity index (χ4n) is 5.19. The number of hydrogen-bond donors (Lipinski definition) is 1.